The summed E-state index contributed by atoms with van der Waals surface area (Å²) in [5.74, 6) is 0.990. The summed E-state index contributed by atoms with van der Waals surface area (Å²) in [5.41, 5.74) is 1.36. The van der Waals surface area contributed by atoms with Crippen LogP contribution in [-0.2, 0) is 11.3 Å². The second-order valence-electron chi connectivity index (χ2n) is 5.83. The van der Waals surface area contributed by atoms with E-state index in [0.717, 1.165) is 11.3 Å². The monoisotopic (exact) mass is 412 g/mol. The molecule has 0 bridgehead atoms. The number of nitriles is 1. The molecule has 1 amide bonds. The molecule has 0 aromatic heterocycles. The molecule has 6 nitrogen and oxygen atoms in total. The lowest BCUT2D eigenvalue weighted by Crippen LogP contribution is -2.23. The van der Waals surface area contributed by atoms with Gasteiger partial charge in [-0.25, -0.2) is 0 Å². The van der Waals surface area contributed by atoms with Crippen LogP contribution in [0.15, 0.2) is 54.6 Å². The van der Waals surface area contributed by atoms with Crippen LogP contribution in [0.1, 0.15) is 11.1 Å². The molecule has 0 saturated carbocycles. The molecule has 0 aliphatic carbocycles. The lowest BCUT2D eigenvalue weighted by atomic mass is 10.1. The molecule has 1 N–H and O–H groups in total. The number of benzene rings is 2. The predicted octanol–water partition coefficient (Wildman–Crippen LogP) is 4.15. The summed E-state index contributed by atoms with van der Waals surface area (Å²) in [5, 5.41) is 12.4. The normalized spacial score (nSPS) is 10.6. The van der Waals surface area contributed by atoms with Crippen LogP contribution < -0.4 is 19.5 Å². The van der Waals surface area contributed by atoms with Gasteiger partial charge in [0.2, 0.25) is 0 Å². The number of amides is 1. The van der Waals surface area contributed by atoms with E-state index in [-0.39, 0.29) is 18.7 Å². The molecule has 0 aliphatic heterocycles. The maximum absolute atomic E-state index is 12.4. The number of carbonyl (C=O) groups excluding carboxylic acids is 1. The third kappa shape index (κ3) is 6.03. The minimum atomic E-state index is -0.495. The number of nitrogens with one attached hydrogen (secondary N) is 1. The molecule has 150 valence electrons. The average Bonchev–Trinajstić information content (AvgIpc) is 2.75. The lowest BCUT2D eigenvalue weighted by Gasteiger charge is -2.12. The zero-order chi connectivity index (χ0) is 21.2. The molecule has 0 heterocycles. The van der Waals surface area contributed by atoms with Crippen molar-refractivity contribution < 1.29 is 19.0 Å². The van der Waals surface area contributed by atoms with Crippen molar-refractivity contribution in [2.24, 2.45) is 0 Å². The van der Waals surface area contributed by atoms with Crippen LogP contribution in [0.3, 0.4) is 0 Å². The van der Waals surface area contributed by atoms with Gasteiger partial charge in [-0.2, -0.15) is 5.26 Å². The molecule has 0 unspecified atom stereocenters. The first-order chi connectivity index (χ1) is 14.0. The highest BCUT2D eigenvalue weighted by Crippen LogP contribution is 2.37. The minimum Gasteiger partial charge on any atom is -0.497 e. The van der Waals surface area contributed by atoms with Crippen LogP contribution in [0.5, 0.6) is 17.2 Å². The molecule has 2 rings (SSSR count). The molecule has 0 radical (unpaired) electrons. The molecule has 0 spiro atoms. The molecule has 2 aromatic carbocycles. The first kappa shape index (κ1) is 21.9. The number of methoxy groups -OCH3 is 2. The van der Waals surface area contributed by atoms with Gasteiger partial charge in [0, 0.05) is 6.54 Å². The molecule has 29 heavy (non-hydrogen) atoms. The van der Waals surface area contributed by atoms with E-state index in [1.54, 1.807) is 37.5 Å². The smallest absolute Gasteiger partial charge is 0.262 e. The van der Waals surface area contributed by atoms with Gasteiger partial charge in [0.15, 0.2) is 11.5 Å². The Morgan fingerprint density at radius 2 is 1.97 bits per heavy atom. The predicted molar refractivity (Wildman–Crippen MR) is 112 cm³/mol. The van der Waals surface area contributed by atoms with Crippen LogP contribution in [0.25, 0.3) is 6.08 Å². The van der Waals surface area contributed by atoms with Gasteiger partial charge < -0.3 is 19.5 Å². The van der Waals surface area contributed by atoms with E-state index in [1.807, 2.05) is 18.2 Å². The van der Waals surface area contributed by atoms with Crippen LogP contribution in [-0.4, -0.2) is 26.7 Å². The highest BCUT2D eigenvalue weighted by molar-refractivity contribution is 6.32. The molecule has 0 saturated heterocycles. The van der Waals surface area contributed by atoms with Crippen molar-refractivity contribution in [2.75, 3.05) is 20.8 Å². The third-order valence-electron chi connectivity index (χ3n) is 3.89. The molecule has 0 atom stereocenters. The summed E-state index contributed by atoms with van der Waals surface area (Å²) >= 11 is 6.26. The van der Waals surface area contributed by atoms with Crippen molar-refractivity contribution in [2.45, 2.75) is 6.54 Å². The van der Waals surface area contributed by atoms with E-state index in [9.17, 15) is 10.1 Å². The largest absolute Gasteiger partial charge is 0.497 e. The van der Waals surface area contributed by atoms with Gasteiger partial charge in [-0.15, -0.1) is 0 Å². The number of carbonyl (C=O) groups is 1. The fourth-order valence-electron chi connectivity index (χ4n) is 2.44. The molecular weight excluding hydrogens is 392 g/mol. The second-order valence-corrected chi connectivity index (χ2v) is 6.24. The highest BCUT2D eigenvalue weighted by atomic mass is 35.5. The Balaban J connectivity index is 2.17. The van der Waals surface area contributed by atoms with Gasteiger partial charge in [-0.3, -0.25) is 4.79 Å². The Morgan fingerprint density at radius 3 is 2.55 bits per heavy atom. The third-order valence-corrected chi connectivity index (χ3v) is 4.17. The summed E-state index contributed by atoms with van der Waals surface area (Å²) in [6.07, 6.45) is 3.03. The molecule has 0 fully saturated rings. The molecule has 2 aromatic rings. The number of hydrogen-bond donors (Lipinski definition) is 1. The van der Waals surface area contributed by atoms with E-state index in [0.29, 0.717) is 22.1 Å². The Hall–Kier alpha value is -3.43. The van der Waals surface area contributed by atoms with E-state index in [4.69, 9.17) is 25.8 Å². The van der Waals surface area contributed by atoms with Crippen molar-refractivity contribution in [3.05, 3.63) is 70.8 Å². The van der Waals surface area contributed by atoms with Crippen LogP contribution in [0.4, 0.5) is 0 Å². The van der Waals surface area contributed by atoms with E-state index in [1.165, 1.54) is 13.2 Å². The second kappa shape index (κ2) is 10.8. The topological polar surface area (TPSA) is 80.6 Å². The first-order valence-corrected chi connectivity index (χ1v) is 9.04. The number of rotatable bonds is 9. The Kier molecular flexibility index (Phi) is 8.13. The highest BCUT2D eigenvalue weighted by Gasteiger charge is 2.14. The summed E-state index contributed by atoms with van der Waals surface area (Å²) < 4.78 is 15.9. The van der Waals surface area contributed by atoms with Gasteiger partial charge in [-0.1, -0.05) is 36.4 Å². The van der Waals surface area contributed by atoms with Gasteiger partial charge in [0.1, 0.15) is 24.0 Å². The summed E-state index contributed by atoms with van der Waals surface area (Å²) in [6, 6.07) is 12.4. The van der Waals surface area contributed by atoms with Crippen molar-refractivity contribution in [3.63, 3.8) is 0 Å². The number of ether oxygens (including phenoxy) is 3. The van der Waals surface area contributed by atoms with Crippen molar-refractivity contribution in [3.8, 4) is 23.3 Å². The van der Waals surface area contributed by atoms with Gasteiger partial charge >= 0.3 is 0 Å². The van der Waals surface area contributed by atoms with Gasteiger partial charge in [0.25, 0.3) is 5.91 Å². The summed E-state index contributed by atoms with van der Waals surface area (Å²) in [4.78, 5) is 12.4. The van der Waals surface area contributed by atoms with E-state index >= 15 is 0 Å². The zero-order valence-electron chi connectivity index (χ0n) is 16.2. The summed E-state index contributed by atoms with van der Waals surface area (Å²) in [6.45, 7) is 4.14. The Morgan fingerprint density at radius 1 is 1.24 bits per heavy atom. The fourth-order valence-corrected chi connectivity index (χ4v) is 2.72. The van der Waals surface area contributed by atoms with Gasteiger partial charge in [-0.05, 0) is 41.5 Å². The Labute approximate surface area is 175 Å². The number of halogens is 1. The SMILES string of the molecule is C=CCOc1c(Cl)cc(/C=C(/C#N)C(=O)NCc2ccc(OC)cc2)cc1OC. The lowest BCUT2D eigenvalue weighted by molar-refractivity contribution is -0.117. The van der Waals surface area contributed by atoms with Crippen molar-refractivity contribution in [1.82, 2.24) is 5.32 Å². The summed E-state index contributed by atoms with van der Waals surface area (Å²) in [7, 11) is 3.06. The molecule has 7 heteroatoms. The number of hydrogen-bond acceptors (Lipinski definition) is 5. The molecular formula is C22H21ClN2O4. The fraction of sp³-hybridized carbons (Fsp3) is 0.182. The van der Waals surface area contributed by atoms with Crippen LogP contribution in [0, 0.1) is 11.3 Å². The van der Waals surface area contributed by atoms with Crippen LogP contribution in [0.2, 0.25) is 5.02 Å². The maximum atomic E-state index is 12.4. The number of nitrogens with zero attached hydrogens (tertiary/aromatic N) is 1. The van der Waals surface area contributed by atoms with Crippen molar-refractivity contribution in [1.29, 1.82) is 5.26 Å². The van der Waals surface area contributed by atoms with E-state index in [2.05, 4.69) is 11.9 Å². The van der Waals surface area contributed by atoms with E-state index < -0.39 is 5.91 Å². The quantitative estimate of drug-likeness (QED) is 0.380. The average molecular weight is 413 g/mol. The van der Waals surface area contributed by atoms with Gasteiger partial charge in [0.05, 0.1) is 19.2 Å². The maximum Gasteiger partial charge on any atom is 0.262 e. The van der Waals surface area contributed by atoms with Crippen molar-refractivity contribution >= 4 is 23.6 Å². The molecule has 0 aliphatic rings. The Bertz CT molecular complexity index is 947. The standard InChI is InChI=1S/C22H21ClN2O4/c1-4-9-29-21-19(23)11-16(12-20(21)28-3)10-17(13-24)22(26)25-14-15-5-7-18(27-2)8-6-15/h4-8,10-12H,1,9,14H2,2-3H3,(H,25,26)/b17-10-. The minimum absolute atomic E-state index is 0.0589. The zero-order valence-corrected chi connectivity index (χ0v) is 17.0. The first-order valence-electron chi connectivity index (χ1n) is 8.66. The van der Waals surface area contributed by atoms with Crippen LogP contribution >= 0.6 is 11.6 Å².